The van der Waals surface area contributed by atoms with E-state index in [0.29, 0.717) is 12.1 Å². The normalized spacial score (nSPS) is 11.0. The number of benzene rings is 1. The van der Waals surface area contributed by atoms with Crippen LogP contribution in [0.1, 0.15) is 15.9 Å². The Morgan fingerprint density at radius 1 is 1.16 bits per heavy atom. The maximum absolute atomic E-state index is 11.5. The Kier molecular flexibility index (Phi) is 3.42. The van der Waals surface area contributed by atoms with Crippen LogP contribution in [0.25, 0.3) is 16.8 Å². The van der Waals surface area contributed by atoms with Crippen LogP contribution in [0, 0.1) is 0 Å². The van der Waals surface area contributed by atoms with E-state index in [9.17, 15) is 9.90 Å². The lowest BCUT2D eigenvalue weighted by Gasteiger charge is -2.03. The van der Waals surface area contributed by atoms with Crippen molar-refractivity contribution in [2.24, 2.45) is 0 Å². The highest BCUT2D eigenvalue weighted by Gasteiger charge is 2.16. The average molecular weight is 334 g/mol. The molecule has 25 heavy (non-hydrogen) atoms. The minimum atomic E-state index is -1.09. The van der Waals surface area contributed by atoms with E-state index in [0.717, 1.165) is 11.1 Å². The SMILES string of the molecule is Nc1nc2c(C(=O)O)cc(-c3cnn(Cc4ccccc4)c3)cn2n1. The molecule has 0 atom stereocenters. The molecule has 0 aliphatic rings. The molecule has 124 valence electrons. The number of aromatic nitrogens is 5. The van der Waals surface area contributed by atoms with E-state index in [4.69, 9.17) is 5.73 Å². The van der Waals surface area contributed by atoms with Gasteiger partial charge >= 0.3 is 5.97 Å². The van der Waals surface area contributed by atoms with Gasteiger partial charge in [-0.15, -0.1) is 5.10 Å². The molecule has 0 radical (unpaired) electrons. The highest BCUT2D eigenvalue weighted by Crippen LogP contribution is 2.23. The number of nitrogens with zero attached hydrogens (tertiary/aromatic N) is 5. The summed E-state index contributed by atoms with van der Waals surface area (Å²) >= 11 is 0. The second-order valence-corrected chi connectivity index (χ2v) is 5.60. The number of anilines is 1. The summed E-state index contributed by atoms with van der Waals surface area (Å²) < 4.78 is 3.17. The van der Waals surface area contributed by atoms with Gasteiger partial charge in [0.2, 0.25) is 5.95 Å². The smallest absolute Gasteiger partial charge is 0.339 e. The first-order valence-electron chi connectivity index (χ1n) is 7.56. The number of carbonyl (C=O) groups is 1. The standard InChI is InChI=1S/C17H14N6O2/c18-17-20-15-14(16(24)25)6-12(10-23(15)21-17)13-7-19-22(9-13)8-11-4-2-1-3-5-11/h1-7,9-10H,8H2,(H2,18,21)(H,24,25). The summed E-state index contributed by atoms with van der Waals surface area (Å²) in [6, 6.07) is 11.5. The second-order valence-electron chi connectivity index (χ2n) is 5.60. The number of fused-ring (bicyclic) bond motifs is 1. The Labute approximate surface area is 142 Å². The van der Waals surface area contributed by atoms with Crippen molar-refractivity contribution in [2.75, 3.05) is 5.73 Å². The molecule has 1 aromatic carbocycles. The van der Waals surface area contributed by atoms with Crippen LogP contribution in [0.3, 0.4) is 0 Å². The van der Waals surface area contributed by atoms with Crippen LogP contribution in [-0.4, -0.2) is 35.5 Å². The predicted molar refractivity (Wildman–Crippen MR) is 91.1 cm³/mol. The third-order valence-electron chi connectivity index (χ3n) is 3.83. The van der Waals surface area contributed by atoms with Crippen molar-refractivity contribution < 1.29 is 9.90 Å². The Balaban J connectivity index is 1.73. The van der Waals surface area contributed by atoms with E-state index in [2.05, 4.69) is 15.2 Å². The van der Waals surface area contributed by atoms with Crippen LogP contribution in [0.2, 0.25) is 0 Å². The molecule has 3 aromatic heterocycles. The molecule has 4 rings (SSSR count). The van der Waals surface area contributed by atoms with Gasteiger partial charge in [-0.1, -0.05) is 30.3 Å². The summed E-state index contributed by atoms with van der Waals surface area (Å²) in [5, 5.41) is 17.8. The van der Waals surface area contributed by atoms with Crippen molar-refractivity contribution in [3.8, 4) is 11.1 Å². The van der Waals surface area contributed by atoms with Crippen molar-refractivity contribution in [3.05, 3.63) is 66.1 Å². The zero-order valence-electron chi connectivity index (χ0n) is 13.1. The predicted octanol–water partition coefficient (Wildman–Crippen LogP) is 1.92. The van der Waals surface area contributed by atoms with Crippen molar-refractivity contribution >= 4 is 17.6 Å². The molecule has 0 aliphatic heterocycles. The summed E-state index contributed by atoms with van der Waals surface area (Å²) in [7, 11) is 0. The van der Waals surface area contributed by atoms with Crippen LogP contribution in [-0.2, 0) is 6.54 Å². The topological polar surface area (TPSA) is 111 Å². The van der Waals surface area contributed by atoms with E-state index >= 15 is 0 Å². The zero-order chi connectivity index (χ0) is 17.4. The summed E-state index contributed by atoms with van der Waals surface area (Å²) in [5.74, 6) is -1.06. The summed E-state index contributed by atoms with van der Waals surface area (Å²) in [5.41, 5.74) is 8.43. The first-order chi connectivity index (χ1) is 12.1. The fourth-order valence-electron chi connectivity index (χ4n) is 2.69. The molecule has 0 amide bonds. The first kappa shape index (κ1) is 14.9. The Bertz CT molecular complexity index is 1070. The molecule has 8 nitrogen and oxygen atoms in total. The Morgan fingerprint density at radius 2 is 1.96 bits per heavy atom. The Hall–Kier alpha value is -3.68. The Morgan fingerprint density at radius 3 is 2.72 bits per heavy atom. The van der Waals surface area contributed by atoms with Crippen molar-refractivity contribution in [1.29, 1.82) is 0 Å². The fourth-order valence-corrected chi connectivity index (χ4v) is 2.69. The summed E-state index contributed by atoms with van der Waals surface area (Å²) in [6.07, 6.45) is 5.24. The number of hydrogen-bond donors (Lipinski definition) is 2. The summed E-state index contributed by atoms with van der Waals surface area (Å²) in [6.45, 7) is 0.630. The molecule has 8 heteroatoms. The van der Waals surface area contributed by atoms with Gasteiger partial charge in [0.1, 0.15) is 5.56 Å². The van der Waals surface area contributed by atoms with Gasteiger partial charge in [0.15, 0.2) is 5.65 Å². The van der Waals surface area contributed by atoms with E-state index < -0.39 is 5.97 Å². The number of carboxylic acid groups (broad SMARTS) is 1. The lowest BCUT2D eigenvalue weighted by molar-refractivity contribution is 0.0698. The van der Waals surface area contributed by atoms with Crippen LogP contribution in [0.5, 0.6) is 0 Å². The van der Waals surface area contributed by atoms with Crippen LogP contribution in [0.4, 0.5) is 5.95 Å². The van der Waals surface area contributed by atoms with Crippen LogP contribution < -0.4 is 5.73 Å². The van der Waals surface area contributed by atoms with Gasteiger partial charge < -0.3 is 10.8 Å². The number of nitrogens with two attached hydrogens (primary N) is 1. The van der Waals surface area contributed by atoms with Crippen LogP contribution >= 0.6 is 0 Å². The van der Waals surface area contributed by atoms with Gasteiger partial charge in [0.05, 0.1) is 12.7 Å². The lowest BCUT2D eigenvalue weighted by atomic mass is 10.1. The van der Waals surface area contributed by atoms with E-state index in [1.165, 1.54) is 4.52 Å². The zero-order valence-corrected chi connectivity index (χ0v) is 13.1. The number of rotatable bonds is 4. The molecule has 3 N–H and O–H groups in total. The van der Waals surface area contributed by atoms with Gasteiger partial charge in [-0.05, 0) is 11.6 Å². The number of pyridine rings is 1. The highest BCUT2D eigenvalue weighted by atomic mass is 16.4. The third kappa shape index (κ3) is 2.80. The quantitative estimate of drug-likeness (QED) is 0.590. The van der Waals surface area contributed by atoms with Gasteiger partial charge in [0.25, 0.3) is 0 Å². The molecule has 0 bridgehead atoms. The van der Waals surface area contributed by atoms with Gasteiger partial charge in [-0.2, -0.15) is 10.1 Å². The van der Waals surface area contributed by atoms with Gasteiger partial charge in [-0.25, -0.2) is 9.31 Å². The van der Waals surface area contributed by atoms with Gasteiger partial charge in [0, 0.05) is 23.5 Å². The van der Waals surface area contributed by atoms with E-state index in [-0.39, 0.29) is 17.2 Å². The lowest BCUT2D eigenvalue weighted by Crippen LogP contribution is -2.02. The molecule has 0 fully saturated rings. The average Bonchev–Trinajstić information content (AvgIpc) is 3.20. The molecule has 4 aromatic rings. The fraction of sp³-hybridized carbons (Fsp3) is 0.0588. The molecular formula is C17H14N6O2. The maximum atomic E-state index is 11.5. The summed E-state index contributed by atoms with van der Waals surface area (Å²) in [4.78, 5) is 15.5. The molecule has 0 aliphatic carbocycles. The monoisotopic (exact) mass is 334 g/mol. The third-order valence-corrected chi connectivity index (χ3v) is 3.83. The molecule has 0 unspecified atom stereocenters. The van der Waals surface area contributed by atoms with Crippen molar-refractivity contribution in [3.63, 3.8) is 0 Å². The van der Waals surface area contributed by atoms with E-state index in [1.807, 2.05) is 36.5 Å². The van der Waals surface area contributed by atoms with Crippen molar-refractivity contribution in [2.45, 2.75) is 6.54 Å². The van der Waals surface area contributed by atoms with E-state index in [1.54, 1.807) is 23.1 Å². The molecular weight excluding hydrogens is 320 g/mol. The maximum Gasteiger partial charge on any atom is 0.339 e. The van der Waals surface area contributed by atoms with Gasteiger partial charge in [-0.3, -0.25) is 4.68 Å². The number of aromatic carboxylic acids is 1. The number of carboxylic acids is 1. The second kappa shape index (κ2) is 5.75. The highest BCUT2D eigenvalue weighted by molar-refractivity contribution is 5.96. The number of hydrogen-bond acceptors (Lipinski definition) is 5. The molecule has 0 saturated carbocycles. The van der Waals surface area contributed by atoms with Crippen molar-refractivity contribution in [1.82, 2.24) is 24.4 Å². The van der Waals surface area contributed by atoms with Crippen LogP contribution in [0.15, 0.2) is 55.0 Å². The minimum Gasteiger partial charge on any atom is -0.478 e. The largest absolute Gasteiger partial charge is 0.478 e. The minimum absolute atomic E-state index is 0.0272. The molecule has 0 saturated heterocycles. The first-order valence-corrected chi connectivity index (χ1v) is 7.56. The molecule has 3 heterocycles. The number of nitrogen functional groups attached to an aromatic ring is 1. The molecule has 0 spiro atoms.